The monoisotopic (exact) mass is 297 g/mol. The van der Waals surface area contributed by atoms with E-state index in [0.717, 1.165) is 30.8 Å². The summed E-state index contributed by atoms with van der Waals surface area (Å²) in [6.45, 7) is 1.99. The van der Waals surface area contributed by atoms with Gasteiger partial charge in [-0.05, 0) is 30.9 Å². The number of aromatic nitrogens is 3. The van der Waals surface area contributed by atoms with Crippen LogP contribution < -0.4 is 10.6 Å². The first-order valence-electron chi connectivity index (χ1n) is 7.55. The average Bonchev–Trinajstić information content (AvgIpc) is 3.39. The van der Waals surface area contributed by atoms with Crippen LogP contribution in [0.25, 0.3) is 0 Å². The molecule has 1 fully saturated rings. The summed E-state index contributed by atoms with van der Waals surface area (Å²) in [6.07, 6.45) is 8.01. The molecule has 1 aliphatic rings. The number of aryl methyl sites for hydroxylation is 1. The van der Waals surface area contributed by atoms with Crippen molar-refractivity contribution in [2.24, 2.45) is 5.92 Å². The molecule has 1 saturated carbocycles. The van der Waals surface area contributed by atoms with Crippen molar-refractivity contribution in [2.75, 3.05) is 5.32 Å². The van der Waals surface area contributed by atoms with Gasteiger partial charge in [0.2, 0.25) is 0 Å². The van der Waals surface area contributed by atoms with Crippen molar-refractivity contribution < 1.29 is 4.79 Å². The van der Waals surface area contributed by atoms with Crippen LogP contribution in [0.2, 0.25) is 0 Å². The van der Waals surface area contributed by atoms with Gasteiger partial charge in [-0.1, -0.05) is 13.0 Å². The Labute approximate surface area is 129 Å². The molecule has 2 aromatic rings. The van der Waals surface area contributed by atoms with Crippen LogP contribution in [-0.2, 0) is 6.42 Å². The van der Waals surface area contributed by atoms with Gasteiger partial charge in [0.15, 0.2) is 0 Å². The molecule has 6 heteroatoms. The first-order valence-corrected chi connectivity index (χ1v) is 7.55. The third-order valence-electron chi connectivity index (χ3n) is 3.67. The van der Waals surface area contributed by atoms with Crippen LogP contribution in [0, 0.1) is 5.92 Å². The Kier molecular flexibility index (Phi) is 4.27. The summed E-state index contributed by atoms with van der Waals surface area (Å²) in [7, 11) is 0. The number of nitrogens with zero attached hydrogens (tertiary/aromatic N) is 3. The molecule has 1 aliphatic carbocycles. The van der Waals surface area contributed by atoms with E-state index in [-0.39, 0.29) is 12.1 Å². The van der Waals surface area contributed by atoms with Gasteiger partial charge in [-0.15, -0.1) is 0 Å². The Balaban J connectivity index is 1.64. The first kappa shape index (κ1) is 14.4. The molecule has 0 aromatic carbocycles. The van der Waals surface area contributed by atoms with Crippen LogP contribution in [0.3, 0.4) is 0 Å². The lowest BCUT2D eigenvalue weighted by atomic mass is 10.1. The van der Waals surface area contributed by atoms with Crippen LogP contribution in [0.5, 0.6) is 0 Å². The number of hydrogen-bond acceptors (Lipinski definition) is 4. The summed E-state index contributed by atoms with van der Waals surface area (Å²) in [5, 5.41) is 5.78. The predicted octanol–water partition coefficient (Wildman–Crippen LogP) is 2.71. The van der Waals surface area contributed by atoms with Gasteiger partial charge in [0.25, 0.3) is 0 Å². The van der Waals surface area contributed by atoms with Gasteiger partial charge in [0.1, 0.15) is 5.82 Å². The minimum absolute atomic E-state index is 0.0444. The Morgan fingerprint density at radius 1 is 1.27 bits per heavy atom. The lowest BCUT2D eigenvalue weighted by Crippen LogP contribution is -2.34. The summed E-state index contributed by atoms with van der Waals surface area (Å²) < 4.78 is 0. The van der Waals surface area contributed by atoms with Crippen molar-refractivity contribution in [1.29, 1.82) is 0 Å². The number of carbonyl (C=O) groups excluding carboxylic acids is 1. The summed E-state index contributed by atoms with van der Waals surface area (Å²) >= 11 is 0. The molecule has 2 aromatic heterocycles. The van der Waals surface area contributed by atoms with Gasteiger partial charge in [-0.3, -0.25) is 4.98 Å². The van der Waals surface area contributed by atoms with Crippen LogP contribution in [-0.4, -0.2) is 21.0 Å². The highest BCUT2D eigenvalue weighted by Crippen LogP contribution is 2.40. The van der Waals surface area contributed by atoms with E-state index >= 15 is 0 Å². The van der Waals surface area contributed by atoms with E-state index in [1.165, 1.54) is 0 Å². The fourth-order valence-electron chi connectivity index (χ4n) is 2.33. The largest absolute Gasteiger partial charge is 0.329 e. The highest BCUT2D eigenvalue weighted by molar-refractivity contribution is 5.89. The highest BCUT2D eigenvalue weighted by atomic mass is 16.2. The quantitative estimate of drug-likeness (QED) is 0.889. The zero-order valence-corrected chi connectivity index (χ0v) is 12.5. The van der Waals surface area contributed by atoms with E-state index < -0.39 is 0 Å². The summed E-state index contributed by atoms with van der Waals surface area (Å²) in [4.78, 5) is 24.9. The molecule has 0 aliphatic heterocycles. The smallest absolute Gasteiger partial charge is 0.319 e. The van der Waals surface area contributed by atoms with Crippen molar-refractivity contribution in [3.8, 4) is 0 Å². The summed E-state index contributed by atoms with van der Waals surface area (Å²) in [5.74, 6) is 1.23. The molecule has 0 spiro atoms. The number of anilines is 1. The molecule has 2 heterocycles. The molecule has 2 amide bonds. The highest BCUT2D eigenvalue weighted by Gasteiger charge is 2.34. The number of carbonyl (C=O) groups is 1. The third-order valence-corrected chi connectivity index (χ3v) is 3.67. The number of nitrogens with one attached hydrogen (secondary N) is 2. The Bertz CT molecular complexity index is 625. The van der Waals surface area contributed by atoms with Gasteiger partial charge in [0, 0.05) is 12.6 Å². The van der Waals surface area contributed by atoms with Crippen molar-refractivity contribution in [3.63, 3.8) is 0 Å². The van der Waals surface area contributed by atoms with E-state index in [2.05, 4.69) is 25.6 Å². The number of amides is 2. The molecule has 1 atom stereocenters. The second-order valence-corrected chi connectivity index (χ2v) is 5.41. The molecule has 0 bridgehead atoms. The molecule has 114 valence electrons. The fraction of sp³-hybridized carbons (Fsp3) is 0.375. The Morgan fingerprint density at radius 3 is 2.64 bits per heavy atom. The maximum Gasteiger partial charge on any atom is 0.319 e. The maximum atomic E-state index is 12.2. The molecule has 6 nitrogen and oxygen atoms in total. The van der Waals surface area contributed by atoms with E-state index in [4.69, 9.17) is 0 Å². The van der Waals surface area contributed by atoms with Crippen LogP contribution in [0.15, 0.2) is 36.8 Å². The molecule has 0 saturated heterocycles. The third kappa shape index (κ3) is 3.58. The second-order valence-electron chi connectivity index (χ2n) is 5.41. The summed E-state index contributed by atoms with van der Waals surface area (Å²) in [6, 6.07) is 5.46. The van der Waals surface area contributed by atoms with Gasteiger partial charge in [0.05, 0.1) is 29.8 Å². The minimum atomic E-state index is -0.254. The van der Waals surface area contributed by atoms with Gasteiger partial charge in [-0.25, -0.2) is 14.8 Å². The zero-order chi connectivity index (χ0) is 15.4. The first-order chi connectivity index (χ1) is 10.8. The molecule has 0 radical (unpaired) electrons. The topological polar surface area (TPSA) is 79.8 Å². The van der Waals surface area contributed by atoms with Crippen molar-refractivity contribution in [3.05, 3.63) is 48.3 Å². The standard InChI is InChI=1S/C16H19N5O/c1-2-14-18-9-12(10-19-14)20-16(22)21-15(11-6-7-11)13-5-3-4-8-17-13/h3-5,8-11,15H,2,6-7H2,1H3,(H2,20,21,22). The van der Waals surface area contributed by atoms with E-state index in [1.54, 1.807) is 18.6 Å². The van der Waals surface area contributed by atoms with Crippen molar-refractivity contribution in [1.82, 2.24) is 20.3 Å². The molecule has 3 rings (SSSR count). The number of hydrogen-bond donors (Lipinski definition) is 2. The van der Waals surface area contributed by atoms with Gasteiger partial charge < -0.3 is 10.6 Å². The molecule has 1 unspecified atom stereocenters. The molecular formula is C16H19N5O. The lowest BCUT2D eigenvalue weighted by molar-refractivity contribution is 0.246. The number of rotatable bonds is 5. The number of urea groups is 1. The van der Waals surface area contributed by atoms with Gasteiger partial charge >= 0.3 is 6.03 Å². The maximum absolute atomic E-state index is 12.2. The van der Waals surface area contributed by atoms with Crippen molar-refractivity contribution in [2.45, 2.75) is 32.2 Å². The normalized spacial score (nSPS) is 15.1. The SMILES string of the molecule is CCc1ncc(NC(=O)NC(c2ccccn2)C2CC2)cn1. The Morgan fingerprint density at radius 2 is 2.05 bits per heavy atom. The fourth-order valence-corrected chi connectivity index (χ4v) is 2.33. The number of pyridine rings is 1. The average molecular weight is 297 g/mol. The van der Waals surface area contributed by atoms with E-state index in [1.807, 2.05) is 25.1 Å². The molecule has 22 heavy (non-hydrogen) atoms. The molecular weight excluding hydrogens is 278 g/mol. The van der Waals surface area contributed by atoms with Crippen LogP contribution >= 0.6 is 0 Å². The van der Waals surface area contributed by atoms with Gasteiger partial charge in [-0.2, -0.15) is 0 Å². The van der Waals surface area contributed by atoms with Crippen LogP contribution in [0.1, 0.15) is 37.3 Å². The van der Waals surface area contributed by atoms with Crippen LogP contribution in [0.4, 0.5) is 10.5 Å². The van der Waals surface area contributed by atoms with E-state index in [0.29, 0.717) is 11.6 Å². The van der Waals surface area contributed by atoms with Crippen molar-refractivity contribution >= 4 is 11.7 Å². The summed E-state index contributed by atoms with van der Waals surface area (Å²) in [5.41, 5.74) is 1.49. The predicted molar refractivity (Wildman–Crippen MR) is 83.3 cm³/mol. The minimum Gasteiger partial charge on any atom is -0.329 e. The zero-order valence-electron chi connectivity index (χ0n) is 12.5. The lowest BCUT2D eigenvalue weighted by Gasteiger charge is -2.18. The second kappa shape index (κ2) is 6.51. The van der Waals surface area contributed by atoms with E-state index in [9.17, 15) is 4.79 Å². The molecule has 2 N–H and O–H groups in total. The Hall–Kier alpha value is -2.50.